The Hall–Kier alpha value is -3.82. The standard InChI is InChI=1S/C27H19Cl2F3N2O4/c1-13-4-5-14(2)23(15(13)3)38-26(37)16-6-9-18(10-7-16)33-22-21(29)24(35)34(25(22)36)20-12-17(27(30,31)32)8-11-19(20)28/h4-12,33H,1-3H3. The Morgan fingerprint density at radius 3 is 2.16 bits per heavy atom. The number of esters is 1. The molecule has 0 radical (unpaired) electrons. The summed E-state index contributed by atoms with van der Waals surface area (Å²) in [5.74, 6) is -2.15. The predicted molar refractivity (Wildman–Crippen MR) is 138 cm³/mol. The van der Waals surface area contributed by atoms with Crippen molar-refractivity contribution in [2.24, 2.45) is 0 Å². The van der Waals surface area contributed by atoms with Crippen molar-refractivity contribution in [1.82, 2.24) is 0 Å². The number of alkyl halides is 3. The van der Waals surface area contributed by atoms with Crippen LogP contribution in [-0.2, 0) is 15.8 Å². The number of anilines is 2. The van der Waals surface area contributed by atoms with Gasteiger partial charge >= 0.3 is 12.1 Å². The molecule has 38 heavy (non-hydrogen) atoms. The molecule has 0 bridgehead atoms. The number of nitrogens with zero attached hydrogens (tertiary/aromatic N) is 1. The van der Waals surface area contributed by atoms with E-state index in [4.69, 9.17) is 27.9 Å². The van der Waals surface area contributed by atoms with Gasteiger partial charge in [-0.3, -0.25) is 9.59 Å². The predicted octanol–water partition coefficient (Wildman–Crippen LogP) is 6.94. The molecule has 196 valence electrons. The van der Waals surface area contributed by atoms with E-state index in [0.29, 0.717) is 16.7 Å². The van der Waals surface area contributed by atoms with Crippen molar-refractivity contribution in [2.75, 3.05) is 10.2 Å². The summed E-state index contributed by atoms with van der Waals surface area (Å²) in [5, 5.41) is 1.92. The Morgan fingerprint density at radius 1 is 0.895 bits per heavy atom. The lowest BCUT2D eigenvalue weighted by atomic mass is 10.1. The molecule has 2 amide bonds. The minimum Gasteiger partial charge on any atom is -0.422 e. The molecule has 0 spiro atoms. The van der Waals surface area contributed by atoms with Gasteiger partial charge in [-0.1, -0.05) is 35.3 Å². The lowest BCUT2D eigenvalue weighted by Crippen LogP contribution is -2.32. The number of nitrogens with one attached hydrogen (secondary N) is 1. The van der Waals surface area contributed by atoms with Gasteiger partial charge in [0.2, 0.25) is 0 Å². The van der Waals surface area contributed by atoms with Crippen LogP contribution < -0.4 is 15.0 Å². The highest BCUT2D eigenvalue weighted by Crippen LogP contribution is 2.39. The van der Waals surface area contributed by atoms with Crippen LogP contribution in [0.5, 0.6) is 5.75 Å². The summed E-state index contributed by atoms with van der Waals surface area (Å²) in [6.07, 6.45) is -4.72. The van der Waals surface area contributed by atoms with Gasteiger partial charge in [-0.05, 0) is 79.9 Å². The Morgan fingerprint density at radius 2 is 1.53 bits per heavy atom. The number of rotatable bonds is 5. The van der Waals surface area contributed by atoms with Crippen molar-refractivity contribution in [2.45, 2.75) is 26.9 Å². The van der Waals surface area contributed by atoms with Gasteiger partial charge in [-0.2, -0.15) is 13.2 Å². The van der Waals surface area contributed by atoms with E-state index < -0.39 is 40.2 Å². The third-order valence-corrected chi connectivity index (χ3v) is 6.67. The number of imide groups is 1. The molecule has 0 saturated heterocycles. The van der Waals surface area contributed by atoms with Crippen LogP contribution in [0.15, 0.2) is 65.3 Å². The Bertz CT molecular complexity index is 1520. The number of carbonyl (C=O) groups excluding carboxylic acids is 3. The fraction of sp³-hybridized carbons (Fsp3) is 0.148. The van der Waals surface area contributed by atoms with Crippen LogP contribution in [-0.4, -0.2) is 17.8 Å². The quantitative estimate of drug-likeness (QED) is 0.207. The van der Waals surface area contributed by atoms with E-state index in [-0.39, 0.29) is 22.0 Å². The Kier molecular flexibility index (Phi) is 7.27. The van der Waals surface area contributed by atoms with Crippen molar-refractivity contribution in [3.63, 3.8) is 0 Å². The van der Waals surface area contributed by atoms with Gasteiger partial charge in [0.15, 0.2) is 0 Å². The summed E-state index contributed by atoms with van der Waals surface area (Å²) in [6.45, 7) is 5.59. The van der Waals surface area contributed by atoms with E-state index >= 15 is 0 Å². The minimum absolute atomic E-state index is 0.224. The molecule has 3 aromatic carbocycles. The normalized spacial score (nSPS) is 13.8. The molecular weight excluding hydrogens is 544 g/mol. The van der Waals surface area contributed by atoms with Crippen molar-refractivity contribution in [3.05, 3.63) is 98.2 Å². The van der Waals surface area contributed by atoms with E-state index in [2.05, 4.69) is 5.32 Å². The molecule has 1 aliphatic heterocycles. The number of halogens is 5. The summed E-state index contributed by atoms with van der Waals surface area (Å²) < 4.78 is 45.1. The second-order valence-electron chi connectivity index (χ2n) is 8.54. The highest BCUT2D eigenvalue weighted by Gasteiger charge is 2.41. The van der Waals surface area contributed by atoms with Crippen LogP contribution in [0.2, 0.25) is 5.02 Å². The maximum atomic E-state index is 13.2. The number of hydrogen-bond acceptors (Lipinski definition) is 5. The molecule has 1 N–H and O–H groups in total. The second-order valence-corrected chi connectivity index (χ2v) is 9.33. The molecule has 0 unspecified atom stereocenters. The molecule has 3 aromatic rings. The third-order valence-electron chi connectivity index (χ3n) is 6.00. The third kappa shape index (κ3) is 5.12. The molecule has 6 nitrogen and oxygen atoms in total. The van der Waals surface area contributed by atoms with Crippen molar-refractivity contribution >= 4 is 52.4 Å². The van der Waals surface area contributed by atoms with E-state index in [1.807, 2.05) is 32.9 Å². The highest BCUT2D eigenvalue weighted by atomic mass is 35.5. The molecule has 11 heteroatoms. The van der Waals surface area contributed by atoms with E-state index in [1.54, 1.807) is 0 Å². The lowest BCUT2D eigenvalue weighted by molar-refractivity contribution is -0.137. The summed E-state index contributed by atoms with van der Waals surface area (Å²) in [6, 6.07) is 11.9. The molecular formula is C27H19Cl2F3N2O4. The maximum absolute atomic E-state index is 13.2. The van der Waals surface area contributed by atoms with Gasteiger partial charge in [-0.25, -0.2) is 9.69 Å². The topological polar surface area (TPSA) is 75.7 Å². The van der Waals surface area contributed by atoms with Gasteiger partial charge in [0, 0.05) is 5.69 Å². The van der Waals surface area contributed by atoms with Crippen LogP contribution in [0, 0.1) is 20.8 Å². The lowest BCUT2D eigenvalue weighted by Gasteiger charge is -2.18. The van der Waals surface area contributed by atoms with E-state index in [9.17, 15) is 27.6 Å². The fourth-order valence-corrected chi connectivity index (χ4v) is 4.17. The molecule has 4 rings (SSSR count). The summed E-state index contributed by atoms with van der Waals surface area (Å²) in [5.41, 5.74) is 1.23. The molecule has 0 atom stereocenters. The first-order valence-electron chi connectivity index (χ1n) is 11.1. The minimum atomic E-state index is -4.72. The Labute approximate surface area is 225 Å². The zero-order valence-corrected chi connectivity index (χ0v) is 21.7. The first-order chi connectivity index (χ1) is 17.8. The molecule has 0 aliphatic carbocycles. The van der Waals surface area contributed by atoms with Crippen LogP contribution >= 0.6 is 23.2 Å². The number of benzene rings is 3. The average molecular weight is 563 g/mol. The van der Waals surface area contributed by atoms with Crippen molar-refractivity contribution in [3.8, 4) is 5.75 Å². The van der Waals surface area contributed by atoms with Gasteiger partial charge in [-0.15, -0.1) is 0 Å². The van der Waals surface area contributed by atoms with Crippen molar-refractivity contribution in [1.29, 1.82) is 0 Å². The van der Waals surface area contributed by atoms with Crippen LogP contribution in [0.25, 0.3) is 0 Å². The van der Waals surface area contributed by atoms with Gasteiger partial charge in [0.1, 0.15) is 16.5 Å². The number of hydrogen-bond donors (Lipinski definition) is 1. The van der Waals surface area contributed by atoms with E-state index in [0.717, 1.165) is 28.8 Å². The first-order valence-corrected chi connectivity index (χ1v) is 11.9. The average Bonchev–Trinajstić information content (AvgIpc) is 3.07. The molecule has 0 saturated carbocycles. The first kappa shape index (κ1) is 27.2. The van der Waals surface area contributed by atoms with Crippen LogP contribution in [0.1, 0.15) is 32.6 Å². The zero-order valence-electron chi connectivity index (χ0n) is 20.2. The highest BCUT2D eigenvalue weighted by molar-refractivity contribution is 6.53. The Balaban J connectivity index is 1.54. The summed E-state index contributed by atoms with van der Waals surface area (Å²) in [4.78, 5) is 38.9. The summed E-state index contributed by atoms with van der Waals surface area (Å²) in [7, 11) is 0. The zero-order chi connectivity index (χ0) is 27.9. The number of carbonyl (C=O) groups is 3. The smallest absolute Gasteiger partial charge is 0.416 e. The number of amides is 2. The van der Waals surface area contributed by atoms with Crippen LogP contribution in [0.3, 0.4) is 0 Å². The van der Waals surface area contributed by atoms with Crippen molar-refractivity contribution < 1.29 is 32.3 Å². The molecule has 0 fully saturated rings. The fourth-order valence-electron chi connectivity index (χ4n) is 3.76. The number of ether oxygens (including phenoxy) is 1. The molecule has 1 aliphatic rings. The molecule has 0 aromatic heterocycles. The van der Waals surface area contributed by atoms with Crippen LogP contribution in [0.4, 0.5) is 24.5 Å². The van der Waals surface area contributed by atoms with Gasteiger partial charge in [0.25, 0.3) is 11.8 Å². The second kappa shape index (κ2) is 10.2. The summed E-state index contributed by atoms with van der Waals surface area (Å²) >= 11 is 12.1. The number of aryl methyl sites for hydroxylation is 2. The van der Waals surface area contributed by atoms with E-state index in [1.165, 1.54) is 24.3 Å². The molecule has 1 heterocycles. The SMILES string of the molecule is Cc1ccc(C)c(OC(=O)c2ccc(NC3=C(Cl)C(=O)N(c4cc(C(F)(F)F)ccc4Cl)C3=O)cc2)c1C. The largest absolute Gasteiger partial charge is 0.422 e. The van der Waals surface area contributed by atoms with Gasteiger partial charge < -0.3 is 10.1 Å². The van der Waals surface area contributed by atoms with Gasteiger partial charge in [0.05, 0.1) is 21.8 Å². The monoisotopic (exact) mass is 562 g/mol. The maximum Gasteiger partial charge on any atom is 0.416 e.